The van der Waals surface area contributed by atoms with Gasteiger partial charge in [-0.3, -0.25) is 0 Å². The van der Waals surface area contributed by atoms with Gasteiger partial charge in [-0.15, -0.1) is 0 Å². The normalized spacial score (nSPS) is 19.6. The molecule has 1 fully saturated rings. The van der Waals surface area contributed by atoms with Crippen molar-refractivity contribution in [2.24, 2.45) is 5.92 Å². The minimum atomic E-state index is 0.126. The smallest absolute Gasteiger partial charge is 0.150 e. The molecule has 4 heteroatoms. The van der Waals surface area contributed by atoms with E-state index in [1.54, 1.807) is 0 Å². The minimum Gasteiger partial charge on any atom is -0.354 e. The predicted molar refractivity (Wildman–Crippen MR) is 75.3 cm³/mol. The molecule has 19 heavy (non-hydrogen) atoms. The minimum absolute atomic E-state index is 0.126. The number of rotatable bonds is 2. The maximum absolute atomic E-state index is 11.0. The van der Waals surface area contributed by atoms with E-state index in [1.165, 1.54) is 0 Å². The number of nitrogens with zero attached hydrogens (tertiary/aromatic N) is 3. The summed E-state index contributed by atoms with van der Waals surface area (Å²) in [5.74, 6) is 1.05. The number of anilines is 1. The van der Waals surface area contributed by atoms with Crippen molar-refractivity contribution >= 4 is 23.1 Å². The summed E-state index contributed by atoms with van der Waals surface area (Å²) in [5, 5.41) is 0. The third-order valence-electron chi connectivity index (χ3n) is 3.67. The summed E-state index contributed by atoms with van der Waals surface area (Å²) in [6.45, 7) is 3.70. The molecule has 0 spiro atoms. The molecule has 1 saturated heterocycles. The highest BCUT2D eigenvalue weighted by molar-refractivity contribution is 5.76. The topological polar surface area (TPSA) is 46.1 Å². The van der Waals surface area contributed by atoms with Crippen LogP contribution in [0.5, 0.6) is 0 Å². The summed E-state index contributed by atoms with van der Waals surface area (Å²) in [5.41, 5.74) is 2.77. The van der Waals surface area contributed by atoms with Crippen LogP contribution < -0.4 is 4.90 Å². The fourth-order valence-electron chi connectivity index (χ4n) is 2.69. The van der Waals surface area contributed by atoms with Gasteiger partial charge in [-0.05, 0) is 31.9 Å². The number of hydrogen-bond acceptors (Lipinski definition) is 4. The fraction of sp³-hybridized carbons (Fsp3) is 0.400. The van der Waals surface area contributed by atoms with Crippen LogP contribution in [0.1, 0.15) is 18.5 Å². The predicted octanol–water partition coefficient (Wildman–Crippen LogP) is 2.35. The molecule has 0 bridgehead atoms. The van der Waals surface area contributed by atoms with E-state index in [2.05, 4.69) is 9.88 Å². The van der Waals surface area contributed by atoms with Gasteiger partial charge in [0.1, 0.15) is 6.29 Å². The lowest BCUT2D eigenvalue weighted by atomic mass is 10.00. The van der Waals surface area contributed by atoms with E-state index in [0.29, 0.717) is 0 Å². The van der Waals surface area contributed by atoms with Crippen molar-refractivity contribution < 1.29 is 4.79 Å². The number of para-hydroxylation sites is 2. The van der Waals surface area contributed by atoms with E-state index in [4.69, 9.17) is 4.98 Å². The van der Waals surface area contributed by atoms with E-state index in [1.807, 2.05) is 31.2 Å². The number of aryl methyl sites for hydroxylation is 1. The van der Waals surface area contributed by atoms with Crippen LogP contribution in [-0.2, 0) is 4.79 Å². The highest BCUT2D eigenvalue weighted by atomic mass is 16.1. The first-order valence-corrected chi connectivity index (χ1v) is 6.71. The third-order valence-corrected chi connectivity index (χ3v) is 3.67. The molecule has 3 rings (SSSR count). The monoisotopic (exact) mass is 255 g/mol. The molecule has 0 saturated carbocycles. The van der Waals surface area contributed by atoms with Gasteiger partial charge >= 0.3 is 0 Å². The molecule has 4 nitrogen and oxygen atoms in total. The summed E-state index contributed by atoms with van der Waals surface area (Å²) in [7, 11) is 0. The van der Waals surface area contributed by atoms with Crippen LogP contribution >= 0.6 is 0 Å². The molecule has 1 unspecified atom stereocenters. The van der Waals surface area contributed by atoms with Gasteiger partial charge in [0, 0.05) is 19.0 Å². The first-order chi connectivity index (χ1) is 9.28. The van der Waals surface area contributed by atoms with Gasteiger partial charge in [-0.2, -0.15) is 0 Å². The molecule has 0 aliphatic carbocycles. The molecule has 98 valence electrons. The molecule has 1 aliphatic heterocycles. The Labute approximate surface area is 112 Å². The number of aromatic nitrogens is 2. The van der Waals surface area contributed by atoms with Crippen LogP contribution in [-0.4, -0.2) is 29.3 Å². The Kier molecular flexibility index (Phi) is 3.15. The molecule has 1 atom stereocenters. The number of benzene rings is 1. The first-order valence-electron chi connectivity index (χ1n) is 6.71. The Bertz CT molecular complexity index is 611. The van der Waals surface area contributed by atoms with Crippen molar-refractivity contribution in [3.8, 4) is 0 Å². The Hall–Kier alpha value is -1.97. The highest BCUT2D eigenvalue weighted by Gasteiger charge is 2.22. The number of hydrogen-bond donors (Lipinski definition) is 0. The average Bonchev–Trinajstić information content (AvgIpc) is 2.46. The lowest BCUT2D eigenvalue weighted by Crippen LogP contribution is -2.37. The highest BCUT2D eigenvalue weighted by Crippen LogP contribution is 2.24. The standard InChI is InChI=1S/C15H17N3O/c1-11-15(18-8-4-5-12(9-18)10-19)17-14-7-3-2-6-13(14)16-11/h2-3,6-7,10,12H,4-5,8-9H2,1H3. The van der Waals surface area contributed by atoms with Gasteiger partial charge in [0.05, 0.1) is 16.7 Å². The summed E-state index contributed by atoms with van der Waals surface area (Å²) in [4.78, 5) is 22.5. The van der Waals surface area contributed by atoms with Gasteiger partial charge in [0.15, 0.2) is 5.82 Å². The second kappa shape index (κ2) is 4.96. The maximum atomic E-state index is 11.0. The summed E-state index contributed by atoms with van der Waals surface area (Å²) >= 11 is 0. The molecule has 2 aromatic rings. The van der Waals surface area contributed by atoms with E-state index >= 15 is 0 Å². The zero-order valence-electron chi connectivity index (χ0n) is 11.0. The SMILES string of the molecule is Cc1nc2ccccc2nc1N1CCCC(C=O)C1. The first kappa shape index (κ1) is 12.1. The number of aldehydes is 1. The molecule has 2 heterocycles. The fourth-order valence-corrected chi connectivity index (χ4v) is 2.69. The molecular formula is C15H17N3O. The molecule has 1 aromatic heterocycles. The van der Waals surface area contributed by atoms with Crippen LogP contribution in [0.3, 0.4) is 0 Å². The van der Waals surface area contributed by atoms with Crippen molar-refractivity contribution in [1.29, 1.82) is 0 Å². The van der Waals surface area contributed by atoms with Crippen LogP contribution in [0, 0.1) is 12.8 Å². The second-order valence-corrected chi connectivity index (χ2v) is 5.11. The molecule has 1 aliphatic rings. The Morgan fingerprint density at radius 2 is 2.00 bits per heavy atom. The summed E-state index contributed by atoms with van der Waals surface area (Å²) < 4.78 is 0. The number of carbonyl (C=O) groups excluding carboxylic acids is 1. The molecule has 1 aromatic carbocycles. The zero-order chi connectivity index (χ0) is 13.2. The Morgan fingerprint density at radius 3 is 2.74 bits per heavy atom. The van der Waals surface area contributed by atoms with Crippen LogP contribution in [0.2, 0.25) is 0 Å². The van der Waals surface area contributed by atoms with E-state index < -0.39 is 0 Å². The average molecular weight is 255 g/mol. The van der Waals surface area contributed by atoms with E-state index in [0.717, 1.165) is 54.8 Å². The molecular weight excluding hydrogens is 238 g/mol. The largest absolute Gasteiger partial charge is 0.354 e. The van der Waals surface area contributed by atoms with Gasteiger partial charge in [0.25, 0.3) is 0 Å². The summed E-state index contributed by atoms with van der Waals surface area (Å²) in [6.07, 6.45) is 3.09. The third kappa shape index (κ3) is 2.30. The molecule has 0 amide bonds. The van der Waals surface area contributed by atoms with E-state index in [9.17, 15) is 4.79 Å². The lowest BCUT2D eigenvalue weighted by Gasteiger charge is -2.31. The van der Waals surface area contributed by atoms with Crippen LogP contribution in [0.15, 0.2) is 24.3 Å². The van der Waals surface area contributed by atoms with Crippen molar-refractivity contribution in [3.05, 3.63) is 30.0 Å². The quantitative estimate of drug-likeness (QED) is 0.773. The molecule has 0 radical (unpaired) electrons. The van der Waals surface area contributed by atoms with Gasteiger partial charge in [0.2, 0.25) is 0 Å². The van der Waals surface area contributed by atoms with Gasteiger partial charge in [-0.1, -0.05) is 12.1 Å². The van der Waals surface area contributed by atoms with Crippen molar-refractivity contribution in [2.45, 2.75) is 19.8 Å². The Balaban J connectivity index is 1.99. The molecule has 0 N–H and O–H groups in total. The maximum Gasteiger partial charge on any atom is 0.150 e. The van der Waals surface area contributed by atoms with Crippen LogP contribution in [0.4, 0.5) is 5.82 Å². The van der Waals surface area contributed by atoms with Gasteiger partial charge < -0.3 is 9.69 Å². The van der Waals surface area contributed by atoms with E-state index in [-0.39, 0.29) is 5.92 Å². The summed E-state index contributed by atoms with van der Waals surface area (Å²) in [6, 6.07) is 7.90. The number of piperidine rings is 1. The van der Waals surface area contributed by atoms with Crippen molar-refractivity contribution in [1.82, 2.24) is 9.97 Å². The number of carbonyl (C=O) groups is 1. The van der Waals surface area contributed by atoms with Crippen molar-refractivity contribution in [2.75, 3.05) is 18.0 Å². The zero-order valence-corrected chi connectivity index (χ0v) is 11.0. The van der Waals surface area contributed by atoms with Gasteiger partial charge in [-0.25, -0.2) is 9.97 Å². The lowest BCUT2D eigenvalue weighted by molar-refractivity contribution is -0.111. The Morgan fingerprint density at radius 1 is 1.26 bits per heavy atom. The van der Waals surface area contributed by atoms with Crippen LogP contribution in [0.25, 0.3) is 11.0 Å². The number of fused-ring (bicyclic) bond motifs is 1. The van der Waals surface area contributed by atoms with Crippen molar-refractivity contribution in [3.63, 3.8) is 0 Å². The second-order valence-electron chi connectivity index (χ2n) is 5.11.